The van der Waals surface area contributed by atoms with Gasteiger partial charge in [0.1, 0.15) is 27.9 Å². The first-order chi connectivity index (χ1) is 17.9. The summed E-state index contributed by atoms with van der Waals surface area (Å²) < 4.78 is 83.5. The van der Waals surface area contributed by atoms with Gasteiger partial charge in [-0.05, 0) is 18.9 Å². The molecule has 1 aromatic rings. The molecule has 1 saturated carbocycles. The summed E-state index contributed by atoms with van der Waals surface area (Å²) in [7, 11) is -7.86. The first kappa shape index (κ1) is 27.1. The van der Waals surface area contributed by atoms with E-state index >= 15 is 0 Å². The normalized spacial score (nSPS) is 27.1. The van der Waals surface area contributed by atoms with E-state index in [0.717, 1.165) is 43.0 Å². The predicted molar refractivity (Wildman–Crippen MR) is 138 cm³/mol. The number of rotatable bonds is 6. The molecule has 3 aliphatic heterocycles. The first-order valence-corrected chi connectivity index (χ1v) is 16.3. The van der Waals surface area contributed by atoms with Crippen molar-refractivity contribution in [1.29, 1.82) is 0 Å². The van der Waals surface area contributed by atoms with Crippen molar-refractivity contribution in [3.8, 4) is 0 Å². The summed E-state index contributed by atoms with van der Waals surface area (Å²) in [6.07, 6.45) is 3.65. The molecule has 0 saturated heterocycles. The Balaban J connectivity index is 1.49. The number of aliphatic hydroxyl groups excluding tert-OH is 1. The van der Waals surface area contributed by atoms with Crippen LogP contribution in [0.2, 0.25) is 0 Å². The maximum absolute atomic E-state index is 14.5. The first-order valence-electron chi connectivity index (χ1n) is 12.0. The molecule has 3 unspecified atom stereocenters. The van der Waals surface area contributed by atoms with Crippen molar-refractivity contribution < 1.29 is 35.5 Å². The number of thioether (sulfide) groups is 1. The van der Waals surface area contributed by atoms with Crippen LogP contribution in [0, 0.1) is 23.5 Å². The lowest BCUT2D eigenvalue weighted by molar-refractivity contribution is -0.133. The summed E-state index contributed by atoms with van der Waals surface area (Å²) in [4.78, 5) is 15.1. The Hall–Kier alpha value is -2.49. The third kappa shape index (κ3) is 5.08. The third-order valence-electron chi connectivity index (χ3n) is 7.14. The number of carbonyl (C=O) groups is 1. The zero-order valence-corrected chi connectivity index (χ0v) is 22.7. The monoisotopic (exact) mass is 588 g/mol. The second kappa shape index (κ2) is 9.92. The highest BCUT2D eigenvalue weighted by atomic mass is 32.2. The quantitative estimate of drug-likeness (QED) is 0.458. The van der Waals surface area contributed by atoms with Gasteiger partial charge in [-0.3, -0.25) is 4.79 Å². The Labute approximate surface area is 223 Å². The zero-order valence-electron chi connectivity index (χ0n) is 20.3. The molecule has 38 heavy (non-hydrogen) atoms. The van der Waals surface area contributed by atoms with Crippen molar-refractivity contribution in [2.75, 3.05) is 18.6 Å². The number of sulfonamides is 2. The number of nitrogens with one attached hydrogen (secondary N) is 2. The summed E-state index contributed by atoms with van der Waals surface area (Å²) in [6.45, 7) is -0.324. The Bertz CT molecular complexity index is 1510. The maximum atomic E-state index is 14.5. The molecule has 15 heteroatoms. The van der Waals surface area contributed by atoms with Crippen molar-refractivity contribution in [2.24, 2.45) is 16.2 Å². The lowest BCUT2D eigenvalue weighted by Gasteiger charge is -2.44. The number of halogens is 2. The molecule has 3 heterocycles. The number of aliphatic hydroxyl groups is 1. The van der Waals surface area contributed by atoms with Crippen LogP contribution in [0.3, 0.4) is 0 Å². The topological polar surface area (TPSA) is 145 Å². The Morgan fingerprint density at radius 2 is 2.00 bits per heavy atom. The molecule has 0 spiro atoms. The number of hydrogen-bond donors (Lipinski definition) is 3. The van der Waals surface area contributed by atoms with E-state index in [9.17, 15) is 35.5 Å². The van der Waals surface area contributed by atoms with Crippen LogP contribution in [0.5, 0.6) is 0 Å². The van der Waals surface area contributed by atoms with E-state index < -0.39 is 55.5 Å². The summed E-state index contributed by atoms with van der Waals surface area (Å²) in [5.74, 6) is -3.77. The number of nitrogens with zero attached hydrogens (tertiary/aromatic N) is 2. The molecule has 0 bridgehead atoms. The standard InChI is InChI=1S/C23H26F2N4O6S3/c1-37(32,33)26-9-13-11-36-22-20(13)38(34,35)28-21(27-22)18-19(30)15-4-2-3-5-17(15)29(23(18)31)10-12-6-7-14(24)8-16(12)25/h6-8,13,15,17,26,30H,2-5,9-11H2,1H3,(H,27,28). The highest BCUT2D eigenvalue weighted by Crippen LogP contribution is 2.43. The van der Waals surface area contributed by atoms with Gasteiger partial charge in [0.15, 0.2) is 5.84 Å². The Morgan fingerprint density at radius 1 is 1.26 bits per heavy atom. The average Bonchev–Trinajstić information content (AvgIpc) is 3.25. The fourth-order valence-corrected chi connectivity index (χ4v) is 8.97. The van der Waals surface area contributed by atoms with Crippen molar-refractivity contribution in [3.05, 3.63) is 56.7 Å². The number of hydrogen-bond acceptors (Lipinski definition) is 8. The second-order valence-corrected chi connectivity index (χ2v) is 14.2. The van der Waals surface area contributed by atoms with Crippen LogP contribution in [0.15, 0.2) is 43.9 Å². The lowest BCUT2D eigenvalue weighted by atomic mass is 9.78. The van der Waals surface area contributed by atoms with E-state index in [1.165, 1.54) is 11.0 Å². The summed E-state index contributed by atoms with van der Waals surface area (Å²) in [5.41, 5.74) is -0.211. The third-order valence-corrected chi connectivity index (χ3v) is 10.7. The molecule has 1 amide bonds. The number of carbonyl (C=O) groups excluding carboxylic acids is 1. The molecule has 1 aromatic carbocycles. The van der Waals surface area contributed by atoms with Crippen LogP contribution in [0.25, 0.3) is 0 Å². The second-order valence-electron chi connectivity index (χ2n) is 9.75. The van der Waals surface area contributed by atoms with Crippen LogP contribution in [0.4, 0.5) is 8.78 Å². The van der Waals surface area contributed by atoms with Gasteiger partial charge in [0.25, 0.3) is 15.9 Å². The maximum Gasteiger partial charge on any atom is 0.283 e. The molecule has 10 nitrogen and oxygen atoms in total. The van der Waals surface area contributed by atoms with Crippen LogP contribution in [-0.4, -0.2) is 63.2 Å². The van der Waals surface area contributed by atoms with Gasteiger partial charge in [0, 0.05) is 48.3 Å². The predicted octanol–water partition coefficient (Wildman–Crippen LogP) is 2.09. The van der Waals surface area contributed by atoms with E-state index in [1.54, 1.807) is 0 Å². The lowest BCUT2D eigenvalue weighted by Crippen LogP contribution is -2.53. The molecule has 1 aliphatic carbocycles. The minimum absolute atomic E-state index is 0.0773. The van der Waals surface area contributed by atoms with Gasteiger partial charge >= 0.3 is 0 Å². The largest absolute Gasteiger partial charge is 0.511 e. The molecule has 0 aromatic heterocycles. The van der Waals surface area contributed by atoms with Gasteiger partial charge in [-0.15, -0.1) is 16.2 Å². The van der Waals surface area contributed by atoms with Crippen molar-refractivity contribution in [1.82, 2.24) is 14.9 Å². The molecule has 5 rings (SSSR count). The van der Waals surface area contributed by atoms with E-state index in [4.69, 9.17) is 0 Å². The fraction of sp³-hybridized carbons (Fsp3) is 0.478. The van der Waals surface area contributed by atoms with Gasteiger partial charge in [-0.25, -0.2) is 21.9 Å². The van der Waals surface area contributed by atoms with E-state index in [2.05, 4.69) is 14.4 Å². The van der Waals surface area contributed by atoms with E-state index in [1.807, 2.05) is 0 Å². The highest BCUT2D eigenvalue weighted by Gasteiger charge is 2.47. The molecule has 4 aliphatic rings. The van der Waals surface area contributed by atoms with Gasteiger partial charge in [0.05, 0.1) is 11.3 Å². The molecule has 0 radical (unpaired) electrons. The van der Waals surface area contributed by atoms with Crippen LogP contribution >= 0.6 is 11.8 Å². The van der Waals surface area contributed by atoms with Crippen molar-refractivity contribution >= 4 is 43.6 Å². The number of fused-ring (bicyclic) bond motifs is 1. The number of benzene rings is 1. The summed E-state index contributed by atoms with van der Waals surface area (Å²) in [6, 6.07) is 2.65. The van der Waals surface area contributed by atoms with Crippen LogP contribution in [-0.2, 0) is 31.4 Å². The minimum Gasteiger partial charge on any atom is -0.511 e. The van der Waals surface area contributed by atoms with E-state index in [-0.39, 0.29) is 51.5 Å². The SMILES string of the molecule is CS(=O)(=O)NCC1CSC2=C1S(=O)(=O)N=C(C1=C(O)C3CCCCC3N(Cc3ccc(F)cc3F)C1=O)N2. The Kier molecular flexibility index (Phi) is 7.07. The fourth-order valence-electron chi connectivity index (χ4n) is 5.39. The number of amidine groups is 1. The van der Waals surface area contributed by atoms with Crippen molar-refractivity contribution in [2.45, 2.75) is 38.3 Å². The van der Waals surface area contributed by atoms with Crippen LogP contribution < -0.4 is 10.0 Å². The molecule has 1 fully saturated rings. The highest BCUT2D eigenvalue weighted by molar-refractivity contribution is 8.05. The summed E-state index contributed by atoms with van der Waals surface area (Å²) >= 11 is 1.15. The molecule has 3 atom stereocenters. The molecular formula is C23H26F2N4O6S3. The zero-order chi connectivity index (χ0) is 27.4. The smallest absolute Gasteiger partial charge is 0.283 e. The molecule has 206 valence electrons. The van der Waals surface area contributed by atoms with Crippen LogP contribution in [0.1, 0.15) is 31.2 Å². The Morgan fingerprint density at radius 3 is 2.71 bits per heavy atom. The van der Waals surface area contributed by atoms with Gasteiger partial charge < -0.3 is 15.3 Å². The number of amides is 1. The van der Waals surface area contributed by atoms with Crippen molar-refractivity contribution in [3.63, 3.8) is 0 Å². The summed E-state index contributed by atoms with van der Waals surface area (Å²) in [5, 5.41) is 14.3. The molecular weight excluding hydrogens is 562 g/mol. The van der Waals surface area contributed by atoms with Gasteiger partial charge in [-0.1, -0.05) is 18.9 Å². The minimum atomic E-state index is -4.31. The van der Waals surface area contributed by atoms with Gasteiger partial charge in [-0.2, -0.15) is 8.42 Å². The van der Waals surface area contributed by atoms with E-state index in [0.29, 0.717) is 12.8 Å². The average molecular weight is 589 g/mol. The van der Waals surface area contributed by atoms with Gasteiger partial charge in [0.2, 0.25) is 10.0 Å². The molecule has 3 N–H and O–H groups in total.